The Kier molecular flexibility index (Phi) is 5.48. The van der Waals surface area contributed by atoms with Crippen LogP contribution in [0, 0.1) is 12.8 Å². The number of nitrogens with one attached hydrogen (secondary N) is 1. The number of nitrogens with two attached hydrogens (primary N) is 1. The van der Waals surface area contributed by atoms with Gasteiger partial charge in [-0.05, 0) is 37.5 Å². The first-order valence-electron chi connectivity index (χ1n) is 10.3. The number of primary amides is 1. The molecule has 3 N–H and O–H groups in total. The van der Waals surface area contributed by atoms with Crippen molar-refractivity contribution in [1.29, 1.82) is 0 Å². The summed E-state index contributed by atoms with van der Waals surface area (Å²) in [4.78, 5) is 27.1. The van der Waals surface area contributed by atoms with Gasteiger partial charge in [0.25, 0.3) is 0 Å². The number of carbonyl (C=O) groups excluding carboxylic acids is 2. The summed E-state index contributed by atoms with van der Waals surface area (Å²) in [6, 6.07) is 15.7. The molecule has 2 aromatic rings. The SMILES string of the molecule is CCOC(=O)[C@H]1Nc2ccc(C)cc2[C@@H]2[C@H]1CC(C(N)=O)=CN2Cc1ccccc1. The van der Waals surface area contributed by atoms with Crippen LogP contribution in [0.15, 0.2) is 60.3 Å². The lowest BCUT2D eigenvalue weighted by Crippen LogP contribution is -2.50. The molecule has 0 saturated carbocycles. The molecule has 1 amide bonds. The molecule has 0 bridgehead atoms. The quantitative estimate of drug-likeness (QED) is 0.746. The lowest BCUT2D eigenvalue weighted by atomic mass is 9.75. The number of carbonyl (C=O) groups is 2. The zero-order valence-electron chi connectivity index (χ0n) is 17.3. The van der Waals surface area contributed by atoms with E-state index in [9.17, 15) is 9.59 Å². The van der Waals surface area contributed by atoms with E-state index in [4.69, 9.17) is 10.5 Å². The Hall–Kier alpha value is -3.28. The molecule has 4 rings (SSSR count). The van der Waals surface area contributed by atoms with Crippen LogP contribution < -0.4 is 11.1 Å². The number of hydrogen-bond acceptors (Lipinski definition) is 5. The van der Waals surface area contributed by atoms with Gasteiger partial charge in [0.2, 0.25) is 5.91 Å². The average Bonchev–Trinajstić information content (AvgIpc) is 2.73. The molecular formula is C24H27N3O3. The summed E-state index contributed by atoms with van der Waals surface area (Å²) in [6.45, 7) is 4.78. The summed E-state index contributed by atoms with van der Waals surface area (Å²) < 4.78 is 5.36. The highest BCUT2D eigenvalue weighted by Gasteiger charge is 2.46. The van der Waals surface area contributed by atoms with E-state index in [0.717, 1.165) is 22.4 Å². The van der Waals surface area contributed by atoms with Gasteiger partial charge in [-0.2, -0.15) is 0 Å². The van der Waals surface area contributed by atoms with E-state index in [-0.39, 0.29) is 17.9 Å². The number of nitrogens with zero attached hydrogens (tertiary/aromatic N) is 1. The highest BCUT2D eigenvalue weighted by molar-refractivity contribution is 5.92. The maximum absolute atomic E-state index is 12.8. The second kappa shape index (κ2) is 8.22. The number of ether oxygens (including phenoxy) is 1. The molecular weight excluding hydrogens is 378 g/mol. The number of rotatable bonds is 5. The molecule has 2 aromatic carbocycles. The van der Waals surface area contributed by atoms with Crippen molar-refractivity contribution in [3.63, 3.8) is 0 Å². The fraction of sp³-hybridized carbons (Fsp3) is 0.333. The van der Waals surface area contributed by atoms with Gasteiger partial charge in [0.1, 0.15) is 6.04 Å². The van der Waals surface area contributed by atoms with Crippen LogP contribution in [-0.2, 0) is 20.9 Å². The zero-order chi connectivity index (χ0) is 21.3. The summed E-state index contributed by atoms with van der Waals surface area (Å²) in [6.07, 6.45) is 2.30. The molecule has 0 fully saturated rings. The molecule has 2 aliphatic heterocycles. The molecule has 2 heterocycles. The van der Waals surface area contributed by atoms with Gasteiger partial charge < -0.3 is 20.7 Å². The van der Waals surface area contributed by atoms with Gasteiger partial charge in [0.15, 0.2) is 0 Å². The summed E-state index contributed by atoms with van der Waals surface area (Å²) >= 11 is 0. The normalized spacial score (nSPS) is 22.3. The van der Waals surface area contributed by atoms with Crippen molar-refractivity contribution in [3.05, 3.63) is 77.0 Å². The number of hydrogen-bond donors (Lipinski definition) is 2. The Labute approximate surface area is 176 Å². The predicted octanol–water partition coefficient (Wildman–Crippen LogP) is 3.28. The first-order chi connectivity index (χ1) is 14.5. The first kappa shape index (κ1) is 20.0. The van der Waals surface area contributed by atoms with Crippen LogP contribution >= 0.6 is 0 Å². The molecule has 3 atom stereocenters. The van der Waals surface area contributed by atoms with E-state index in [1.165, 1.54) is 0 Å². The van der Waals surface area contributed by atoms with Crippen LogP contribution in [0.1, 0.15) is 36.1 Å². The molecule has 0 unspecified atom stereocenters. The maximum Gasteiger partial charge on any atom is 0.328 e. The van der Waals surface area contributed by atoms with Crippen LogP contribution in [0.5, 0.6) is 0 Å². The molecule has 30 heavy (non-hydrogen) atoms. The van der Waals surface area contributed by atoms with Crippen LogP contribution in [-0.4, -0.2) is 29.4 Å². The van der Waals surface area contributed by atoms with E-state index in [1.54, 1.807) is 6.92 Å². The molecule has 0 saturated heterocycles. The standard InChI is InChI=1S/C24H27N3O3/c1-3-30-24(29)21-19-12-17(23(25)28)14-27(13-16-7-5-4-6-8-16)22(19)18-11-15(2)9-10-20(18)26-21/h4-11,14,19,21-22,26H,3,12-13H2,1-2H3,(H2,25,28)/t19-,21-,22+/m0/s1. The number of anilines is 1. The van der Waals surface area contributed by atoms with Crippen LogP contribution in [0.3, 0.4) is 0 Å². The number of aryl methyl sites for hydroxylation is 1. The molecule has 0 aliphatic carbocycles. The van der Waals surface area contributed by atoms with Gasteiger partial charge in [-0.3, -0.25) is 4.79 Å². The van der Waals surface area contributed by atoms with Crippen molar-refractivity contribution in [3.8, 4) is 0 Å². The fourth-order valence-corrected chi connectivity index (χ4v) is 4.56. The Morgan fingerprint density at radius 2 is 1.97 bits per heavy atom. The third-order valence-electron chi connectivity index (χ3n) is 5.87. The lowest BCUT2D eigenvalue weighted by Gasteiger charge is -2.47. The summed E-state index contributed by atoms with van der Waals surface area (Å²) in [5.74, 6) is -0.928. The third kappa shape index (κ3) is 3.77. The third-order valence-corrected chi connectivity index (χ3v) is 5.87. The van der Waals surface area contributed by atoms with E-state index in [0.29, 0.717) is 25.1 Å². The van der Waals surface area contributed by atoms with Crippen molar-refractivity contribution in [2.75, 3.05) is 11.9 Å². The Balaban J connectivity index is 1.82. The van der Waals surface area contributed by atoms with Crippen molar-refractivity contribution in [2.45, 2.75) is 38.9 Å². The van der Waals surface area contributed by atoms with E-state index < -0.39 is 11.9 Å². The van der Waals surface area contributed by atoms with Gasteiger partial charge in [0.05, 0.1) is 12.6 Å². The monoisotopic (exact) mass is 405 g/mol. The lowest BCUT2D eigenvalue weighted by molar-refractivity contribution is -0.146. The minimum absolute atomic E-state index is 0.0705. The average molecular weight is 405 g/mol. The van der Waals surface area contributed by atoms with Gasteiger partial charge in [-0.15, -0.1) is 0 Å². The van der Waals surface area contributed by atoms with E-state index in [1.807, 2.05) is 36.5 Å². The summed E-state index contributed by atoms with van der Waals surface area (Å²) in [5, 5.41) is 3.37. The van der Waals surface area contributed by atoms with Crippen molar-refractivity contribution in [2.24, 2.45) is 11.7 Å². The molecule has 6 nitrogen and oxygen atoms in total. The minimum atomic E-state index is -0.550. The molecule has 0 radical (unpaired) electrons. The fourth-order valence-electron chi connectivity index (χ4n) is 4.56. The number of amides is 1. The van der Waals surface area contributed by atoms with E-state index in [2.05, 4.69) is 35.3 Å². The number of esters is 1. The van der Waals surface area contributed by atoms with Gasteiger partial charge in [-0.1, -0.05) is 48.0 Å². The van der Waals surface area contributed by atoms with Gasteiger partial charge in [-0.25, -0.2) is 4.79 Å². The smallest absolute Gasteiger partial charge is 0.328 e. The maximum atomic E-state index is 12.8. The van der Waals surface area contributed by atoms with Crippen molar-refractivity contribution < 1.29 is 14.3 Å². The van der Waals surface area contributed by atoms with Crippen LogP contribution in [0.25, 0.3) is 0 Å². The molecule has 0 spiro atoms. The molecule has 156 valence electrons. The topological polar surface area (TPSA) is 84.7 Å². The molecule has 2 aliphatic rings. The minimum Gasteiger partial charge on any atom is -0.464 e. The Morgan fingerprint density at radius 3 is 2.67 bits per heavy atom. The Morgan fingerprint density at radius 1 is 1.20 bits per heavy atom. The first-order valence-corrected chi connectivity index (χ1v) is 10.3. The molecule has 0 aromatic heterocycles. The largest absolute Gasteiger partial charge is 0.464 e. The summed E-state index contributed by atoms with van der Waals surface area (Å²) in [5.41, 5.74) is 10.5. The highest BCUT2D eigenvalue weighted by atomic mass is 16.5. The van der Waals surface area contributed by atoms with Gasteiger partial charge in [0, 0.05) is 29.9 Å². The zero-order valence-corrected chi connectivity index (χ0v) is 17.3. The second-order valence-electron chi connectivity index (χ2n) is 7.95. The molecule has 6 heteroatoms. The van der Waals surface area contributed by atoms with Gasteiger partial charge >= 0.3 is 5.97 Å². The van der Waals surface area contributed by atoms with Crippen LogP contribution in [0.2, 0.25) is 0 Å². The second-order valence-corrected chi connectivity index (χ2v) is 7.95. The van der Waals surface area contributed by atoms with Crippen molar-refractivity contribution in [1.82, 2.24) is 4.90 Å². The Bertz CT molecular complexity index is 986. The van der Waals surface area contributed by atoms with Crippen molar-refractivity contribution >= 4 is 17.6 Å². The number of benzene rings is 2. The van der Waals surface area contributed by atoms with E-state index >= 15 is 0 Å². The number of fused-ring (bicyclic) bond motifs is 3. The highest BCUT2D eigenvalue weighted by Crippen LogP contribution is 2.47. The predicted molar refractivity (Wildman–Crippen MR) is 115 cm³/mol. The summed E-state index contributed by atoms with van der Waals surface area (Å²) in [7, 11) is 0. The van der Waals surface area contributed by atoms with Crippen LogP contribution in [0.4, 0.5) is 5.69 Å².